The molecule has 128 valence electrons. The maximum absolute atomic E-state index is 11.7. The number of ether oxygens (including phenoxy) is 3. The predicted molar refractivity (Wildman–Crippen MR) is 91.0 cm³/mol. The van der Waals surface area contributed by atoms with Gasteiger partial charge in [0.15, 0.2) is 11.7 Å². The second-order valence-corrected chi connectivity index (χ2v) is 7.11. The van der Waals surface area contributed by atoms with Gasteiger partial charge in [0.1, 0.15) is 17.1 Å². The number of carbonyl (C=O) groups is 1. The molecule has 0 saturated heterocycles. The van der Waals surface area contributed by atoms with Gasteiger partial charge in [-0.2, -0.15) is 0 Å². The Balaban J connectivity index is 2.37. The van der Waals surface area contributed by atoms with Crippen LogP contribution in [0.1, 0.15) is 32.4 Å². The molecule has 0 amide bonds. The largest absolute Gasteiger partial charge is 0.496 e. The van der Waals surface area contributed by atoms with Gasteiger partial charge in [-0.25, -0.2) is 4.79 Å². The van der Waals surface area contributed by atoms with E-state index in [-0.39, 0.29) is 4.83 Å². The number of halogens is 1. The molecular weight excluding hydrogens is 380 g/mol. The quantitative estimate of drug-likeness (QED) is 0.440. The molecule has 0 fully saturated rings. The first-order valence-corrected chi connectivity index (χ1v) is 8.31. The van der Waals surface area contributed by atoms with Crippen LogP contribution in [0.15, 0.2) is 27.4 Å². The lowest BCUT2D eigenvalue weighted by molar-refractivity contribution is -0.149. The SMILES string of the molecule is COc1cc2c(c3oc(=O)ccc13)[C@H](OC(C)=O)[C@@H](Br)C(C)(C)O2. The number of benzene rings is 1. The Morgan fingerprint density at radius 1 is 1.33 bits per heavy atom. The molecule has 0 N–H and O–H groups in total. The van der Waals surface area contributed by atoms with Crippen molar-refractivity contribution in [1.29, 1.82) is 0 Å². The third-order valence-corrected chi connectivity index (χ3v) is 5.55. The molecule has 0 unspecified atom stereocenters. The van der Waals surface area contributed by atoms with Gasteiger partial charge in [-0.1, -0.05) is 15.9 Å². The molecule has 0 bridgehead atoms. The van der Waals surface area contributed by atoms with Gasteiger partial charge in [-0.05, 0) is 19.9 Å². The van der Waals surface area contributed by atoms with E-state index in [1.165, 1.54) is 20.1 Å². The Morgan fingerprint density at radius 3 is 2.67 bits per heavy atom. The molecular formula is C17H17BrO6. The number of fused-ring (bicyclic) bond motifs is 3. The van der Waals surface area contributed by atoms with Gasteiger partial charge in [0.2, 0.25) is 0 Å². The Bertz CT molecular complexity index is 869. The average molecular weight is 397 g/mol. The van der Waals surface area contributed by atoms with Gasteiger partial charge in [-0.15, -0.1) is 0 Å². The Kier molecular flexibility index (Phi) is 4.07. The molecule has 2 heterocycles. The van der Waals surface area contributed by atoms with Gasteiger partial charge in [0.25, 0.3) is 0 Å². The third kappa shape index (κ3) is 2.66. The normalized spacial score (nSPS) is 21.7. The standard InChI is InChI=1S/C17H17BrO6/c1-8(19)22-15-13-11(24-17(2,3)16(15)18)7-10(21-4)9-5-6-12(20)23-14(9)13/h5-7,15-16H,1-4H3/t15-,16+/m0/s1. The van der Waals surface area contributed by atoms with Crippen molar-refractivity contribution in [3.8, 4) is 11.5 Å². The summed E-state index contributed by atoms with van der Waals surface area (Å²) in [6, 6.07) is 4.65. The van der Waals surface area contributed by atoms with Crippen LogP contribution in [0, 0.1) is 0 Å². The molecule has 6 nitrogen and oxygen atoms in total. The Morgan fingerprint density at radius 2 is 2.04 bits per heavy atom. The molecule has 0 spiro atoms. The summed E-state index contributed by atoms with van der Waals surface area (Å²) in [7, 11) is 1.52. The second-order valence-electron chi connectivity index (χ2n) is 6.13. The van der Waals surface area contributed by atoms with E-state index in [0.717, 1.165) is 0 Å². The zero-order chi connectivity index (χ0) is 17.6. The predicted octanol–water partition coefficient (Wildman–Crippen LogP) is 3.34. The summed E-state index contributed by atoms with van der Waals surface area (Å²) in [6.07, 6.45) is -0.666. The van der Waals surface area contributed by atoms with E-state index in [4.69, 9.17) is 18.6 Å². The molecule has 3 rings (SSSR count). The van der Waals surface area contributed by atoms with Crippen molar-refractivity contribution in [3.05, 3.63) is 34.2 Å². The fourth-order valence-corrected chi connectivity index (χ4v) is 3.33. The topological polar surface area (TPSA) is 75.0 Å². The number of alkyl halides is 1. The van der Waals surface area contributed by atoms with Crippen molar-refractivity contribution in [2.45, 2.75) is 37.3 Å². The highest BCUT2D eigenvalue weighted by Gasteiger charge is 2.46. The minimum Gasteiger partial charge on any atom is -0.496 e. The molecule has 1 aliphatic rings. The summed E-state index contributed by atoms with van der Waals surface area (Å²) >= 11 is 3.56. The first-order valence-electron chi connectivity index (χ1n) is 7.39. The fourth-order valence-electron chi connectivity index (χ4n) is 2.87. The molecule has 1 aliphatic heterocycles. The van der Waals surface area contributed by atoms with E-state index in [0.29, 0.717) is 28.0 Å². The van der Waals surface area contributed by atoms with Crippen molar-refractivity contribution in [1.82, 2.24) is 0 Å². The van der Waals surface area contributed by atoms with Crippen LogP contribution in [0.2, 0.25) is 0 Å². The molecule has 0 saturated carbocycles. The molecule has 2 atom stereocenters. The van der Waals surface area contributed by atoms with Crippen molar-refractivity contribution in [3.63, 3.8) is 0 Å². The second kappa shape index (κ2) is 5.81. The van der Waals surface area contributed by atoms with E-state index < -0.39 is 23.3 Å². The molecule has 2 aromatic rings. The van der Waals surface area contributed by atoms with Crippen molar-refractivity contribution >= 4 is 32.9 Å². The van der Waals surface area contributed by atoms with E-state index in [2.05, 4.69) is 15.9 Å². The van der Waals surface area contributed by atoms with Crippen LogP contribution in [0.3, 0.4) is 0 Å². The van der Waals surface area contributed by atoms with Crippen LogP contribution in [-0.4, -0.2) is 23.5 Å². The first kappa shape index (κ1) is 16.8. The van der Waals surface area contributed by atoms with Crippen molar-refractivity contribution < 1.29 is 23.4 Å². The summed E-state index contributed by atoms with van der Waals surface area (Å²) in [5.74, 6) is 0.536. The zero-order valence-corrected chi connectivity index (χ0v) is 15.3. The Hall–Kier alpha value is -2.02. The van der Waals surface area contributed by atoms with Gasteiger partial charge < -0.3 is 18.6 Å². The van der Waals surface area contributed by atoms with E-state index in [9.17, 15) is 9.59 Å². The molecule has 0 aliphatic carbocycles. The van der Waals surface area contributed by atoms with Gasteiger partial charge in [0, 0.05) is 19.1 Å². The molecule has 7 heteroatoms. The lowest BCUT2D eigenvalue weighted by atomic mass is 9.90. The lowest BCUT2D eigenvalue weighted by Gasteiger charge is -2.41. The number of hydrogen-bond donors (Lipinski definition) is 0. The van der Waals surface area contributed by atoms with Crippen molar-refractivity contribution in [2.75, 3.05) is 7.11 Å². The lowest BCUT2D eigenvalue weighted by Crippen LogP contribution is -2.46. The molecule has 1 aromatic carbocycles. The summed E-state index contributed by atoms with van der Waals surface area (Å²) in [5, 5.41) is 0.607. The highest BCUT2D eigenvalue weighted by atomic mass is 79.9. The van der Waals surface area contributed by atoms with Crippen LogP contribution < -0.4 is 15.1 Å². The smallest absolute Gasteiger partial charge is 0.336 e. The summed E-state index contributed by atoms with van der Waals surface area (Å²) in [4.78, 5) is 23.0. The number of esters is 1. The summed E-state index contributed by atoms with van der Waals surface area (Å²) < 4.78 is 22.4. The minimum absolute atomic E-state index is 0.294. The highest BCUT2D eigenvalue weighted by molar-refractivity contribution is 9.09. The molecule has 24 heavy (non-hydrogen) atoms. The number of hydrogen-bond acceptors (Lipinski definition) is 6. The highest BCUT2D eigenvalue weighted by Crippen LogP contribution is 2.49. The fraction of sp³-hybridized carbons (Fsp3) is 0.412. The van der Waals surface area contributed by atoms with Gasteiger partial charge in [0.05, 0.1) is 22.9 Å². The van der Waals surface area contributed by atoms with Crippen LogP contribution in [0.4, 0.5) is 0 Å². The van der Waals surface area contributed by atoms with E-state index in [1.807, 2.05) is 13.8 Å². The van der Waals surface area contributed by atoms with Gasteiger partial charge in [-0.3, -0.25) is 4.79 Å². The third-order valence-electron chi connectivity index (χ3n) is 3.97. The number of methoxy groups -OCH3 is 1. The number of carbonyl (C=O) groups excluding carboxylic acids is 1. The van der Waals surface area contributed by atoms with Crippen molar-refractivity contribution in [2.24, 2.45) is 0 Å². The summed E-state index contributed by atoms with van der Waals surface area (Å²) in [6.45, 7) is 5.09. The van der Waals surface area contributed by atoms with E-state index in [1.54, 1.807) is 12.1 Å². The number of rotatable bonds is 2. The monoisotopic (exact) mass is 396 g/mol. The Labute approximate surface area is 146 Å². The van der Waals surface area contributed by atoms with Crippen LogP contribution in [-0.2, 0) is 9.53 Å². The first-order chi connectivity index (χ1) is 11.2. The molecule has 1 aromatic heterocycles. The van der Waals surface area contributed by atoms with E-state index >= 15 is 0 Å². The summed E-state index contributed by atoms with van der Waals surface area (Å²) in [5.41, 5.74) is -0.348. The van der Waals surface area contributed by atoms with Crippen LogP contribution >= 0.6 is 15.9 Å². The maximum Gasteiger partial charge on any atom is 0.336 e. The van der Waals surface area contributed by atoms with Crippen LogP contribution in [0.5, 0.6) is 11.5 Å². The van der Waals surface area contributed by atoms with Gasteiger partial charge >= 0.3 is 11.6 Å². The zero-order valence-electron chi connectivity index (χ0n) is 13.7. The minimum atomic E-state index is -0.666. The maximum atomic E-state index is 11.7. The van der Waals surface area contributed by atoms with Crippen LogP contribution in [0.25, 0.3) is 11.0 Å². The average Bonchev–Trinajstić information content (AvgIpc) is 2.49. The molecule has 0 radical (unpaired) electrons.